The minimum atomic E-state index is -5.36. The van der Waals surface area contributed by atoms with Gasteiger partial charge in [0.15, 0.2) is 0 Å². The van der Waals surface area contributed by atoms with Crippen LogP contribution >= 0.6 is 0 Å². The number of hydrogen-bond acceptors (Lipinski definition) is 0. The first-order chi connectivity index (χ1) is 6.31. The maximum absolute atomic E-state index is 13.2. The predicted molar refractivity (Wildman–Crippen MR) is 37.8 cm³/mol. The number of rotatable bonds is 1. The second-order valence-corrected chi connectivity index (χ2v) is 4.87. The number of hydrogen-bond donors (Lipinski definition) is 0. The number of halogens is 5. The SMILES string of the molecule is FC(F)(F)C(F)(F)C12CC3CC1C2C3. The van der Waals surface area contributed by atoms with E-state index in [4.69, 9.17) is 0 Å². The van der Waals surface area contributed by atoms with Crippen LogP contribution in [0.5, 0.6) is 0 Å². The summed E-state index contributed by atoms with van der Waals surface area (Å²) in [6.45, 7) is 0. The Kier molecular flexibility index (Phi) is 1.24. The van der Waals surface area contributed by atoms with Crippen LogP contribution in [0.15, 0.2) is 0 Å². The minimum absolute atomic E-state index is 0.0921. The van der Waals surface area contributed by atoms with Gasteiger partial charge in [0, 0.05) is 0 Å². The Bertz CT molecular complexity index is 280. The average Bonchev–Trinajstić information content (AvgIpc) is 2.50. The van der Waals surface area contributed by atoms with E-state index < -0.39 is 17.5 Å². The Morgan fingerprint density at radius 1 is 0.929 bits per heavy atom. The zero-order valence-corrected chi connectivity index (χ0v) is 7.24. The summed E-state index contributed by atoms with van der Waals surface area (Å²) >= 11 is 0. The molecule has 80 valence electrons. The summed E-state index contributed by atoms with van der Waals surface area (Å²) in [4.78, 5) is 0. The summed E-state index contributed by atoms with van der Waals surface area (Å²) < 4.78 is 63.0. The van der Waals surface area contributed by atoms with Crippen LogP contribution in [0.3, 0.4) is 0 Å². The first-order valence-corrected chi connectivity index (χ1v) is 4.75. The van der Waals surface area contributed by atoms with Gasteiger partial charge in [-0.25, -0.2) is 0 Å². The predicted octanol–water partition coefficient (Wildman–Crippen LogP) is 3.23. The second kappa shape index (κ2) is 1.95. The fourth-order valence-corrected chi connectivity index (χ4v) is 3.97. The molecule has 0 aromatic heterocycles. The van der Waals surface area contributed by atoms with Gasteiger partial charge in [-0.05, 0) is 37.0 Å². The molecule has 0 spiro atoms. The molecule has 4 saturated carbocycles. The van der Waals surface area contributed by atoms with Gasteiger partial charge < -0.3 is 0 Å². The Hall–Kier alpha value is -0.350. The molecule has 0 aliphatic heterocycles. The zero-order chi connectivity index (χ0) is 10.4. The molecule has 4 aliphatic rings. The van der Waals surface area contributed by atoms with Crippen LogP contribution in [0.25, 0.3) is 0 Å². The molecule has 0 amide bonds. The van der Waals surface area contributed by atoms with Crippen molar-refractivity contribution in [1.82, 2.24) is 0 Å². The fourth-order valence-electron chi connectivity index (χ4n) is 3.97. The standard InChI is InChI=1S/C9H9F5/c10-8(11,9(12,13)14)7-3-4-1-5(7)6(7)2-4/h4-6H,1-3H2. The van der Waals surface area contributed by atoms with E-state index in [1.165, 1.54) is 0 Å². The van der Waals surface area contributed by atoms with Crippen LogP contribution in [-0.4, -0.2) is 12.1 Å². The molecule has 2 unspecified atom stereocenters. The first-order valence-electron chi connectivity index (χ1n) is 4.75. The summed E-state index contributed by atoms with van der Waals surface area (Å²) in [6, 6.07) is 0. The van der Waals surface area contributed by atoms with Crippen molar-refractivity contribution in [2.75, 3.05) is 0 Å². The Labute approximate surface area is 77.5 Å². The third-order valence-electron chi connectivity index (χ3n) is 4.44. The van der Waals surface area contributed by atoms with Gasteiger partial charge in [0.25, 0.3) is 0 Å². The maximum atomic E-state index is 13.2. The molecule has 4 aliphatic carbocycles. The smallest absolute Gasteiger partial charge is 0.196 e. The van der Waals surface area contributed by atoms with Crippen LogP contribution < -0.4 is 0 Å². The van der Waals surface area contributed by atoms with Gasteiger partial charge in [-0.1, -0.05) is 0 Å². The lowest BCUT2D eigenvalue weighted by atomic mass is 9.94. The van der Waals surface area contributed by atoms with E-state index in [2.05, 4.69) is 0 Å². The van der Waals surface area contributed by atoms with Gasteiger partial charge in [-0.15, -0.1) is 0 Å². The summed E-state index contributed by atoms with van der Waals surface area (Å²) in [5, 5.41) is 0. The van der Waals surface area contributed by atoms with Gasteiger partial charge in [0.2, 0.25) is 0 Å². The van der Waals surface area contributed by atoms with Crippen molar-refractivity contribution < 1.29 is 22.0 Å². The monoisotopic (exact) mass is 212 g/mol. The van der Waals surface area contributed by atoms with Gasteiger partial charge >= 0.3 is 12.1 Å². The summed E-state index contributed by atoms with van der Waals surface area (Å²) in [5.74, 6) is -5.01. The van der Waals surface area contributed by atoms with Gasteiger partial charge in [0.1, 0.15) is 0 Å². The average molecular weight is 212 g/mol. The van der Waals surface area contributed by atoms with E-state index in [0.29, 0.717) is 12.8 Å². The lowest BCUT2D eigenvalue weighted by molar-refractivity contribution is -0.311. The lowest BCUT2D eigenvalue weighted by Gasteiger charge is -2.27. The van der Waals surface area contributed by atoms with E-state index >= 15 is 0 Å². The lowest BCUT2D eigenvalue weighted by Crippen LogP contribution is -2.45. The molecule has 14 heavy (non-hydrogen) atoms. The highest BCUT2D eigenvalue weighted by molar-refractivity contribution is 5.28. The highest BCUT2D eigenvalue weighted by Crippen LogP contribution is 2.84. The zero-order valence-electron chi connectivity index (χ0n) is 7.24. The molecule has 5 heteroatoms. The first kappa shape index (κ1) is 8.92. The normalized spacial score (nSPS) is 49.9. The summed E-state index contributed by atoms with van der Waals surface area (Å²) in [6.07, 6.45) is -4.08. The second-order valence-electron chi connectivity index (χ2n) is 4.87. The molecule has 4 rings (SSSR count). The van der Waals surface area contributed by atoms with E-state index in [1.54, 1.807) is 0 Å². The molecule has 0 aromatic carbocycles. The van der Waals surface area contributed by atoms with Crippen molar-refractivity contribution >= 4 is 0 Å². The van der Waals surface area contributed by atoms with E-state index in [-0.39, 0.29) is 24.2 Å². The molecule has 0 aromatic rings. The third-order valence-corrected chi connectivity index (χ3v) is 4.44. The minimum Gasteiger partial charge on any atom is -0.196 e. The molecule has 2 atom stereocenters. The van der Waals surface area contributed by atoms with Crippen LogP contribution in [0.2, 0.25) is 0 Å². The molecular formula is C9H9F5. The fraction of sp³-hybridized carbons (Fsp3) is 1.00. The van der Waals surface area contributed by atoms with Crippen molar-refractivity contribution in [3.05, 3.63) is 0 Å². The molecule has 0 radical (unpaired) electrons. The van der Waals surface area contributed by atoms with Crippen LogP contribution in [0.1, 0.15) is 19.3 Å². The molecular weight excluding hydrogens is 203 g/mol. The van der Waals surface area contributed by atoms with Crippen molar-refractivity contribution in [1.29, 1.82) is 0 Å². The maximum Gasteiger partial charge on any atom is 0.453 e. The molecule has 0 nitrogen and oxygen atoms in total. The highest BCUT2D eigenvalue weighted by Gasteiger charge is 2.88. The summed E-state index contributed by atoms with van der Waals surface area (Å²) in [5.41, 5.74) is -1.68. The van der Waals surface area contributed by atoms with E-state index in [0.717, 1.165) is 0 Å². The highest BCUT2D eigenvalue weighted by atomic mass is 19.4. The van der Waals surface area contributed by atoms with Gasteiger partial charge in [0.05, 0.1) is 5.41 Å². The molecule has 4 fully saturated rings. The third kappa shape index (κ3) is 0.663. The molecule has 0 saturated heterocycles. The van der Waals surface area contributed by atoms with Crippen LogP contribution in [0, 0.1) is 23.2 Å². The van der Waals surface area contributed by atoms with Crippen molar-refractivity contribution in [3.63, 3.8) is 0 Å². The Balaban J connectivity index is 1.98. The van der Waals surface area contributed by atoms with Crippen molar-refractivity contribution in [3.8, 4) is 0 Å². The van der Waals surface area contributed by atoms with Crippen molar-refractivity contribution in [2.24, 2.45) is 23.2 Å². The van der Waals surface area contributed by atoms with Gasteiger partial charge in [-0.2, -0.15) is 22.0 Å². The number of alkyl halides is 5. The summed E-state index contributed by atoms with van der Waals surface area (Å²) in [7, 11) is 0. The molecule has 0 N–H and O–H groups in total. The Morgan fingerprint density at radius 2 is 1.43 bits per heavy atom. The van der Waals surface area contributed by atoms with Crippen LogP contribution in [-0.2, 0) is 0 Å². The Morgan fingerprint density at radius 3 is 1.71 bits per heavy atom. The topological polar surface area (TPSA) is 0 Å². The van der Waals surface area contributed by atoms with E-state index in [9.17, 15) is 22.0 Å². The molecule has 0 heterocycles. The molecule has 4 bridgehead atoms. The van der Waals surface area contributed by atoms with Gasteiger partial charge in [-0.3, -0.25) is 0 Å². The largest absolute Gasteiger partial charge is 0.453 e. The van der Waals surface area contributed by atoms with Crippen molar-refractivity contribution in [2.45, 2.75) is 31.4 Å². The van der Waals surface area contributed by atoms with Crippen LogP contribution in [0.4, 0.5) is 22.0 Å². The quantitative estimate of drug-likeness (QED) is 0.585. The van der Waals surface area contributed by atoms with E-state index in [1.807, 2.05) is 0 Å².